The minimum absolute atomic E-state index is 0. The fourth-order valence-corrected chi connectivity index (χ4v) is 3.65. The Labute approximate surface area is 166 Å². The Balaban J connectivity index is 0.00000529. The standard InChI is InChI=1S/C15H28N4O2S2.HI/c1-11(8-9-15(2,3)4)19-14(17-5)18-10-12-6-7-13(22-12)23(16,20)21;/h6-7,11H,8-10H2,1-5H3,(H2,16,20,21)(H2,17,18,19);1H. The van der Waals surface area contributed by atoms with Gasteiger partial charge in [-0.05, 0) is 37.3 Å². The monoisotopic (exact) mass is 488 g/mol. The number of aliphatic imine (C=N–C) groups is 1. The number of primary sulfonamides is 1. The van der Waals surface area contributed by atoms with E-state index in [4.69, 9.17) is 5.14 Å². The van der Waals surface area contributed by atoms with Gasteiger partial charge in [0.15, 0.2) is 5.96 Å². The van der Waals surface area contributed by atoms with Crippen molar-refractivity contribution in [3.63, 3.8) is 0 Å². The first-order chi connectivity index (χ1) is 10.5. The molecule has 1 aromatic rings. The molecule has 0 aromatic carbocycles. The summed E-state index contributed by atoms with van der Waals surface area (Å²) >= 11 is 1.17. The average molecular weight is 488 g/mol. The summed E-state index contributed by atoms with van der Waals surface area (Å²) in [6.45, 7) is 9.32. The van der Waals surface area contributed by atoms with E-state index >= 15 is 0 Å². The number of nitrogens with zero attached hydrogens (tertiary/aromatic N) is 1. The Bertz CT molecular complexity index is 636. The van der Waals surface area contributed by atoms with E-state index in [1.165, 1.54) is 17.4 Å². The van der Waals surface area contributed by atoms with Crippen molar-refractivity contribution in [3.05, 3.63) is 17.0 Å². The van der Waals surface area contributed by atoms with Crippen LogP contribution in [0.2, 0.25) is 0 Å². The second-order valence-electron chi connectivity index (χ2n) is 6.84. The fraction of sp³-hybridized carbons (Fsp3) is 0.667. The number of thiophene rings is 1. The van der Waals surface area contributed by atoms with Crippen molar-refractivity contribution < 1.29 is 8.42 Å². The quantitative estimate of drug-likeness (QED) is 0.326. The predicted molar refractivity (Wildman–Crippen MR) is 113 cm³/mol. The lowest BCUT2D eigenvalue weighted by molar-refractivity contribution is 0.346. The third kappa shape index (κ3) is 9.19. The zero-order valence-electron chi connectivity index (χ0n) is 14.9. The topological polar surface area (TPSA) is 96.6 Å². The molecule has 1 rings (SSSR count). The Morgan fingerprint density at radius 2 is 2.00 bits per heavy atom. The lowest BCUT2D eigenvalue weighted by Crippen LogP contribution is -2.42. The van der Waals surface area contributed by atoms with E-state index < -0.39 is 10.0 Å². The van der Waals surface area contributed by atoms with Gasteiger partial charge in [0.1, 0.15) is 4.21 Å². The molecular weight excluding hydrogens is 459 g/mol. The lowest BCUT2D eigenvalue weighted by Gasteiger charge is -2.23. The van der Waals surface area contributed by atoms with E-state index in [1.807, 2.05) is 0 Å². The number of rotatable bonds is 6. The predicted octanol–water partition coefficient (Wildman–Crippen LogP) is 2.89. The SMILES string of the molecule is CN=C(NCc1ccc(S(N)(=O)=O)s1)NC(C)CCC(C)(C)C.I. The molecule has 0 aliphatic rings. The maximum Gasteiger partial charge on any atom is 0.247 e. The van der Waals surface area contributed by atoms with E-state index in [-0.39, 0.29) is 28.2 Å². The van der Waals surface area contributed by atoms with Gasteiger partial charge in [-0.15, -0.1) is 35.3 Å². The highest BCUT2D eigenvalue weighted by Gasteiger charge is 2.14. The van der Waals surface area contributed by atoms with Crippen LogP contribution < -0.4 is 15.8 Å². The average Bonchev–Trinajstić information content (AvgIpc) is 2.89. The van der Waals surface area contributed by atoms with Gasteiger partial charge in [0, 0.05) is 18.0 Å². The highest BCUT2D eigenvalue weighted by Crippen LogP contribution is 2.21. The van der Waals surface area contributed by atoms with Crippen LogP contribution in [-0.4, -0.2) is 27.5 Å². The van der Waals surface area contributed by atoms with Crippen molar-refractivity contribution >= 4 is 51.3 Å². The van der Waals surface area contributed by atoms with Gasteiger partial charge in [-0.2, -0.15) is 0 Å². The fourth-order valence-electron chi connectivity index (χ4n) is 1.93. The highest BCUT2D eigenvalue weighted by molar-refractivity contribution is 14.0. The van der Waals surface area contributed by atoms with Gasteiger partial charge in [0.05, 0.1) is 6.54 Å². The zero-order chi connectivity index (χ0) is 17.7. The van der Waals surface area contributed by atoms with Crippen LogP contribution in [0.5, 0.6) is 0 Å². The van der Waals surface area contributed by atoms with Gasteiger partial charge in [0.2, 0.25) is 10.0 Å². The summed E-state index contributed by atoms with van der Waals surface area (Å²) in [6, 6.07) is 3.59. The molecule has 24 heavy (non-hydrogen) atoms. The van der Waals surface area contributed by atoms with Crippen molar-refractivity contribution in [1.82, 2.24) is 10.6 Å². The number of sulfonamides is 1. The molecule has 0 bridgehead atoms. The molecule has 0 saturated heterocycles. The minimum atomic E-state index is -3.62. The molecule has 4 N–H and O–H groups in total. The van der Waals surface area contributed by atoms with Crippen LogP contribution in [0.4, 0.5) is 0 Å². The van der Waals surface area contributed by atoms with Crippen LogP contribution in [0.1, 0.15) is 45.4 Å². The minimum Gasteiger partial charge on any atom is -0.354 e. The molecule has 0 radical (unpaired) electrons. The molecule has 1 atom stereocenters. The Kier molecular flexibility index (Phi) is 9.77. The summed E-state index contributed by atoms with van der Waals surface area (Å²) in [4.78, 5) is 5.09. The molecular formula is C15H29IN4O2S2. The Morgan fingerprint density at radius 1 is 1.38 bits per heavy atom. The van der Waals surface area contributed by atoms with E-state index in [0.29, 0.717) is 24.0 Å². The molecule has 0 amide bonds. The maximum absolute atomic E-state index is 11.3. The smallest absolute Gasteiger partial charge is 0.247 e. The first-order valence-electron chi connectivity index (χ1n) is 7.60. The molecule has 0 spiro atoms. The van der Waals surface area contributed by atoms with Gasteiger partial charge in [0.25, 0.3) is 0 Å². The molecule has 0 fully saturated rings. The Hall–Kier alpha value is -0.390. The van der Waals surface area contributed by atoms with Gasteiger partial charge < -0.3 is 10.6 Å². The van der Waals surface area contributed by atoms with Gasteiger partial charge >= 0.3 is 0 Å². The summed E-state index contributed by atoms with van der Waals surface area (Å²) in [5.74, 6) is 0.706. The number of nitrogens with one attached hydrogen (secondary N) is 2. The lowest BCUT2D eigenvalue weighted by atomic mass is 9.89. The van der Waals surface area contributed by atoms with Crippen LogP contribution in [-0.2, 0) is 16.6 Å². The van der Waals surface area contributed by atoms with Crippen molar-refractivity contribution in [2.75, 3.05) is 7.05 Å². The molecule has 1 aromatic heterocycles. The van der Waals surface area contributed by atoms with Crippen molar-refractivity contribution in [3.8, 4) is 0 Å². The number of guanidine groups is 1. The molecule has 6 nitrogen and oxygen atoms in total. The van der Waals surface area contributed by atoms with E-state index in [2.05, 4.69) is 43.3 Å². The van der Waals surface area contributed by atoms with Gasteiger partial charge in [-0.1, -0.05) is 20.8 Å². The molecule has 9 heteroatoms. The molecule has 140 valence electrons. The summed E-state index contributed by atoms with van der Waals surface area (Å²) in [6.07, 6.45) is 2.18. The van der Waals surface area contributed by atoms with E-state index in [1.54, 1.807) is 13.1 Å². The largest absolute Gasteiger partial charge is 0.354 e. The first-order valence-corrected chi connectivity index (χ1v) is 9.96. The number of hydrogen-bond acceptors (Lipinski definition) is 4. The summed E-state index contributed by atoms with van der Waals surface area (Å²) in [7, 11) is -1.90. The van der Waals surface area contributed by atoms with E-state index in [0.717, 1.165) is 17.7 Å². The third-order valence-corrected chi connectivity index (χ3v) is 5.81. The Morgan fingerprint density at radius 3 is 2.46 bits per heavy atom. The van der Waals surface area contributed by atoms with E-state index in [9.17, 15) is 8.42 Å². The van der Waals surface area contributed by atoms with Crippen molar-refractivity contribution in [1.29, 1.82) is 0 Å². The molecule has 1 heterocycles. The van der Waals surface area contributed by atoms with Crippen molar-refractivity contribution in [2.45, 2.75) is 57.3 Å². The summed E-state index contributed by atoms with van der Waals surface area (Å²) in [5, 5.41) is 11.7. The number of halogens is 1. The van der Waals surface area contributed by atoms with Crippen LogP contribution in [0.25, 0.3) is 0 Å². The first kappa shape index (κ1) is 23.6. The summed E-state index contributed by atoms with van der Waals surface area (Å²) < 4.78 is 22.7. The second kappa shape index (κ2) is 9.93. The van der Waals surface area contributed by atoms with Gasteiger partial charge in [-0.25, -0.2) is 13.6 Å². The summed E-state index contributed by atoms with van der Waals surface area (Å²) in [5.41, 5.74) is 0.313. The van der Waals surface area contributed by atoms with Crippen LogP contribution in [0.15, 0.2) is 21.3 Å². The van der Waals surface area contributed by atoms with Crippen LogP contribution >= 0.6 is 35.3 Å². The molecule has 0 saturated carbocycles. The molecule has 1 unspecified atom stereocenters. The van der Waals surface area contributed by atoms with Crippen LogP contribution in [0.3, 0.4) is 0 Å². The van der Waals surface area contributed by atoms with Gasteiger partial charge in [-0.3, -0.25) is 4.99 Å². The third-order valence-electron chi connectivity index (χ3n) is 3.28. The zero-order valence-corrected chi connectivity index (χ0v) is 18.9. The molecule has 0 aliphatic heterocycles. The van der Waals surface area contributed by atoms with Crippen LogP contribution in [0, 0.1) is 5.41 Å². The number of hydrogen-bond donors (Lipinski definition) is 3. The van der Waals surface area contributed by atoms with Crippen molar-refractivity contribution in [2.24, 2.45) is 15.5 Å². The maximum atomic E-state index is 11.3. The second-order valence-corrected chi connectivity index (χ2v) is 9.79. The molecule has 0 aliphatic carbocycles. The number of nitrogens with two attached hydrogens (primary N) is 1. The highest BCUT2D eigenvalue weighted by atomic mass is 127. The normalized spacial score (nSPS) is 14.0.